The van der Waals surface area contributed by atoms with Crippen LogP contribution in [-0.2, 0) is 0 Å². The van der Waals surface area contributed by atoms with Crippen molar-refractivity contribution < 1.29 is 18.5 Å². The maximum Gasteiger partial charge on any atom is 0.308 e. The molecule has 1 aromatic carbocycles. The molecule has 1 amide bonds. The molecule has 1 fully saturated rings. The van der Waals surface area contributed by atoms with E-state index in [1.807, 2.05) is 6.92 Å². The van der Waals surface area contributed by atoms with Gasteiger partial charge in [-0.15, -0.1) is 0 Å². The van der Waals surface area contributed by atoms with Crippen LogP contribution in [0.2, 0.25) is 0 Å². The van der Waals surface area contributed by atoms with Gasteiger partial charge in [0.05, 0.1) is 16.6 Å². The van der Waals surface area contributed by atoms with Crippen molar-refractivity contribution in [2.24, 2.45) is 5.92 Å². The molecule has 0 aliphatic carbocycles. The number of piperidine rings is 1. The van der Waals surface area contributed by atoms with Gasteiger partial charge in [0.15, 0.2) is 0 Å². The Morgan fingerprint density at radius 3 is 2.81 bits per heavy atom. The molecule has 5 nitrogen and oxygen atoms in total. The highest BCUT2D eigenvalue weighted by molar-refractivity contribution is 5.95. The van der Waals surface area contributed by atoms with Crippen molar-refractivity contribution >= 4 is 11.6 Å². The molecule has 1 saturated heterocycles. The van der Waals surface area contributed by atoms with Crippen LogP contribution in [0.25, 0.3) is 0 Å². The number of benzene rings is 1. The van der Waals surface area contributed by atoms with Gasteiger partial charge in [-0.3, -0.25) is 14.9 Å². The topological polar surface area (TPSA) is 63.5 Å². The van der Waals surface area contributed by atoms with Crippen LogP contribution < -0.4 is 0 Å². The number of carbonyl (C=O) groups excluding carboxylic acids is 1. The SMILES string of the molecule is CCC1CCCN(C(=O)c2cc(F)cc([N+](=O)[O-])c2F)C1. The molecule has 1 aliphatic heterocycles. The number of carbonyl (C=O) groups is 1. The molecule has 114 valence electrons. The molecule has 1 heterocycles. The fourth-order valence-electron chi connectivity index (χ4n) is 2.62. The van der Waals surface area contributed by atoms with Crippen LogP contribution in [0.5, 0.6) is 0 Å². The zero-order chi connectivity index (χ0) is 15.6. The first-order valence-electron chi connectivity index (χ1n) is 6.86. The summed E-state index contributed by atoms with van der Waals surface area (Å²) in [4.78, 5) is 23.4. The summed E-state index contributed by atoms with van der Waals surface area (Å²) >= 11 is 0. The first-order chi connectivity index (χ1) is 9.93. The van der Waals surface area contributed by atoms with Crippen molar-refractivity contribution in [1.29, 1.82) is 0 Å². The quantitative estimate of drug-likeness (QED) is 0.636. The highest BCUT2D eigenvalue weighted by Crippen LogP contribution is 2.26. The minimum absolute atomic E-state index is 0.328. The fourth-order valence-corrected chi connectivity index (χ4v) is 2.62. The lowest BCUT2D eigenvalue weighted by Gasteiger charge is -2.32. The smallest absolute Gasteiger partial charge is 0.308 e. The van der Waals surface area contributed by atoms with E-state index >= 15 is 0 Å². The van der Waals surface area contributed by atoms with Crippen molar-refractivity contribution in [1.82, 2.24) is 4.90 Å². The van der Waals surface area contributed by atoms with Crippen molar-refractivity contribution in [3.63, 3.8) is 0 Å². The highest BCUT2D eigenvalue weighted by Gasteiger charge is 2.29. The Morgan fingerprint density at radius 2 is 2.19 bits per heavy atom. The summed E-state index contributed by atoms with van der Waals surface area (Å²) in [5, 5.41) is 10.7. The molecule has 1 aliphatic rings. The number of amides is 1. The van der Waals surface area contributed by atoms with Crippen molar-refractivity contribution in [2.45, 2.75) is 26.2 Å². The molecule has 0 N–H and O–H groups in total. The zero-order valence-corrected chi connectivity index (χ0v) is 11.6. The number of nitrogens with zero attached hydrogens (tertiary/aromatic N) is 2. The number of nitro groups is 1. The van der Waals surface area contributed by atoms with Crippen LogP contribution in [-0.4, -0.2) is 28.8 Å². The predicted molar refractivity (Wildman–Crippen MR) is 71.9 cm³/mol. The minimum atomic E-state index is -1.27. The first kappa shape index (κ1) is 15.3. The summed E-state index contributed by atoms with van der Waals surface area (Å²) in [6.45, 7) is 2.93. The third kappa shape index (κ3) is 3.17. The fraction of sp³-hybridized carbons (Fsp3) is 0.500. The van der Waals surface area contributed by atoms with E-state index in [0.717, 1.165) is 25.3 Å². The molecule has 0 saturated carbocycles. The number of nitro benzene ring substituents is 1. The Hall–Kier alpha value is -2.05. The van der Waals surface area contributed by atoms with E-state index in [-0.39, 0.29) is 0 Å². The van der Waals surface area contributed by atoms with Crippen LogP contribution in [0.3, 0.4) is 0 Å². The molecule has 0 spiro atoms. The van der Waals surface area contributed by atoms with Crippen LogP contribution in [0.15, 0.2) is 12.1 Å². The largest absolute Gasteiger partial charge is 0.338 e. The van der Waals surface area contributed by atoms with Gasteiger partial charge in [-0.25, -0.2) is 4.39 Å². The van der Waals surface area contributed by atoms with E-state index < -0.39 is 33.7 Å². The Bertz CT molecular complexity index is 578. The molecule has 2 rings (SSSR count). The molecular formula is C14H16F2N2O3. The predicted octanol–water partition coefficient (Wildman–Crippen LogP) is 3.14. The molecule has 7 heteroatoms. The Balaban J connectivity index is 2.33. The average Bonchev–Trinajstić information content (AvgIpc) is 2.48. The Morgan fingerprint density at radius 1 is 1.48 bits per heavy atom. The van der Waals surface area contributed by atoms with E-state index in [1.165, 1.54) is 4.90 Å². The summed E-state index contributed by atoms with van der Waals surface area (Å²) < 4.78 is 27.4. The van der Waals surface area contributed by atoms with Gasteiger partial charge in [-0.1, -0.05) is 13.3 Å². The van der Waals surface area contributed by atoms with E-state index in [0.29, 0.717) is 25.1 Å². The second-order valence-corrected chi connectivity index (χ2v) is 5.21. The number of likely N-dealkylation sites (tertiary alicyclic amines) is 1. The van der Waals surface area contributed by atoms with Gasteiger partial charge in [-0.2, -0.15) is 4.39 Å². The molecule has 0 bridgehead atoms. The number of halogens is 2. The number of rotatable bonds is 3. The van der Waals surface area contributed by atoms with Gasteiger partial charge in [0, 0.05) is 13.1 Å². The molecule has 1 atom stereocenters. The first-order valence-corrected chi connectivity index (χ1v) is 6.86. The number of hydrogen-bond donors (Lipinski definition) is 0. The average molecular weight is 298 g/mol. The van der Waals surface area contributed by atoms with Gasteiger partial charge < -0.3 is 4.90 Å². The monoisotopic (exact) mass is 298 g/mol. The standard InChI is InChI=1S/C14H16F2N2O3/c1-2-9-4-3-5-17(8-9)14(19)11-6-10(15)7-12(13(11)16)18(20)21/h6-7,9H,2-5,8H2,1H3. The van der Waals surface area contributed by atoms with Gasteiger partial charge in [0.2, 0.25) is 5.82 Å². The normalized spacial score (nSPS) is 18.6. The second-order valence-electron chi connectivity index (χ2n) is 5.21. The van der Waals surface area contributed by atoms with Gasteiger partial charge in [0.25, 0.3) is 5.91 Å². The summed E-state index contributed by atoms with van der Waals surface area (Å²) in [7, 11) is 0. The summed E-state index contributed by atoms with van der Waals surface area (Å²) in [5.41, 5.74) is -1.58. The molecule has 0 radical (unpaired) electrons. The Kier molecular flexibility index (Phi) is 4.50. The second kappa shape index (κ2) is 6.15. The number of hydrogen-bond acceptors (Lipinski definition) is 3. The van der Waals surface area contributed by atoms with Crippen molar-refractivity contribution in [3.05, 3.63) is 39.4 Å². The van der Waals surface area contributed by atoms with Crippen LogP contribution in [0, 0.1) is 27.7 Å². The molecular weight excluding hydrogens is 282 g/mol. The molecule has 1 unspecified atom stereocenters. The highest BCUT2D eigenvalue weighted by atomic mass is 19.1. The summed E-state index contributed by atoms with van der Waals surface area (Å²) in [5.74, 6) is -2.62. The minimum Gasteiger partial charge on any atom is -0.338 e. The van der Waals surface area contributed by atoms with E-state index in [9.17, 15) is 23.7 Å². The zero-order valence-electron chi connectivity index (χ0n) is 11.6. The lowest BCUT2D eigenvalue weighted by atomic mass is 9.95. The lowest BCUT2D eigenvalue weighted by Crippen LogP contribution is -2.40. The maximum absolute atomic E-state index is 14.0. The van der Waals surface area contributed by atoms with Crippen molar-refractivity contribution in [2.75, 3.05) is 13.1 Å². The maximum atomic E-state index is 14.0. The summed E-state index contributed by atoms with van der Waals surface area (Å²) in [6, 6.07) is 1.21. The molecule has 21 heavy (non-hydrogen) atoms. The van der Waals surface area contributed by atoms with E-state index in [2.05, 4.69) is 0 Å². The lowest BCUT2D eigenvalue weighted by molar-refractivity contribution is -0.387. The van der Waals surface area contributed by atoms with E-state index in [1.54, 1.807) is 0 Å². The van der Waals surface area contributed by atoms with Gasteiger partial charge in [0.1, 0.15) is 5.82 Å². The van der Waals surface area contributed by atoms with Crippen LogP contribution >= 0.6 is 0 Å². The van der Waals surface area contributed by atoms with Gasteiger partial charge >= 0.3 is 5.69 Å². The van der Waals surface area contributed by atoms with Crippen LogP contribution in [0.1, 0.15) is 36.5 Å². The molecule has 0 aromatic heterocycles. The summed E-state index contributed by atoms with van der Waals surface area (Å²) in [6.07, 6.45) is 2.69. The van der Waals surface area contributed by atoms with Crippen LogP contribution in [0.4, 0.5) is 14.5 Å². The van der Waals surface area contributed by atoms with Gasteiger partial charge in [-0.05, 0) is 24.8 Å². The third-order valence-corrected chi connectivity index (χ3v) is 3.83. The van der Waals surface area contributed by atoms with E-state index in [4.69, 9.17) is 0 Å². The Labute approximate surface area is 120 Å². The van der Waals surface area contributed by atoms with Crippen molar-refractivity contribution in [3.8, 4) is 0 Å². The molecule has 1 aromatic rings. The third-order valence-electron chi connectivity index (χ3n) is 3.83.